The third-order valence-electron chi connectivity index (χ3n) is 3.94. The molecule has 0 saturated carbocycles. The Morgan fingerprint density at radius 3 is 2.11 bits per heavy atom. The lowest BCUT2D eigenvalue weighted by molar-refractivity contribution is 0.154. The molecule has 2 atom stereocenters. The third kappa shape index (κ3) is 3.03. The van der Waals surface area contributed by atoms with E-state index in [1.807, 2.05) is 12.1 Å². The molecule has 0 aliphatic rings. The van der Waals surface area contributed by atoms with E-state index in [1.54, 1.807) is 7.11 Å². The zero-order valence-electron chi connectivity index (χ0n) is 12.2. The van der Waals surface area contributed by atoms with E-state index in [4.69, 9.17) is 10.5 Å². The molecule has 0 bridgehead atoms. The van der Waals surface area contributed by atoms with Gasteiger partial charge in [0.15, 0.2) is 0 Å². The van der Waals surface area contributed by atoms with Crippen molar-refractivity contribution in [3.05, 3.63) is 29.8 Å². The van der Waals surface area contributed by atoms with E-state index in [9.17, 15) is 0 Å². The quantitative estimate of drug-likeness (QED) is 0.843. The molecule has 0 aromatic heterocycles. The molecule has 0 heterocycles. The predicted octanol–water partition coefficient (Wildman–Crippen LogP) is 2.60. The van der Waals surface area contributed by atoms with Gasteiger partial charge in [0.05, 0.1) is 12.6 Å². The molecule has 3 heteroatoms. The van der Waals surface area contributed by atoms with Crippen LogP contribution in [-0.2, 0) is 5.54 Å². The summed E-state index contributed by atoms with van der Waals surface area (Å²) in [5, 5.41) is 0. The molecule has 0 radical (unpaired) electrons. The fraction of sp³-hybridized carbons (Fsp3) is 0.600. The molecule has 0 saturated heterocycles. The van der Waals surface area contributed by atoms with E-state index in [0.717, 1.165) is 24.4 Å². The molecule has 1 rings (SSSR count). The van der Waals surface area contributed by atoms with Crippen LogP contribution in [0.1, 0.15) is 33.3 Å². The smallest absolute Gasteiger partial charge is 0.118 e. The van der Waals surface area contributed by atoms with Gasteiger partial charge < -0.3 is 10.5 Å². The number of nitrogens with two attached hydrogens (primary N) is 1. The van der Waals surface area contributed by atoms with Crippen LogP contribution in [0.4, 0.5) is 0 Å². The average Bonchev–Trinajstić information content (AvgIpc) is 2.40. The minimum Gasteiger partial charge on any atom is -0.497 e. The van der Waals surface area contributed by atoms with Crippen molar-refractivity contribution < 1.29 is 4.74 Å². The number of benzene rings is 1. The molecule has 0 aliphatic heterocycles. The van der Waals surface area contributed by atoms with Crippen molar-refractivity contribution in [1.29, 1.82) is 0 Å². The first-order valence-electron chi connectivity index (χ1n) is 6.64. The minimum atomic E-state index is -0.363. The zero-order chi connectivity index (χ0) is 13.8. The summed E-state index contributed by atoms with van der Waals surface area (Å²) < 4.78 is 5.18. The highest BCUT2D eigenvalue weighted by Crippen LogP contribution is 2.26. The van der Waals surface area contributed by atoms with E-state index in [0.29, 0.717) is 6.04 Å². The number of ether oxygens (including phenoxy) is 1. The van der Waals surface area contributed by atoms with E-state index >= 15 is 0 Å². The highest BCUT2D eigenvalue weighted by molar-refractivity contribution is 5.32. The van der Waals surface area contributed by atoms with Crippen LogP contribution in [0.15, 0.2) is 24.3 Å². The Morgan fingerprint density at radius 2 is 1.72 bits per heavy atom. The maximum Gasteiger partial charge on any atom is 0.118 e. The largest absolute Gasteiger partial charge is 0.497 e. The average molecular weight is 250 g/mol. The number of hydrogen-bond acceptors (Lipinski definition) is 3. The number of methoxy groups -OCH3 is 1. The van der Waals surface area contributed by atoms with Gasteiger partial charge in [0.25, 0.3) is 0 Å². The van der Waals surface area contributed by atoms with Crippen LogP contribution in [0.2, 0.25) is 0 Å². The molecule has 0 amide bonds. The maximum atomic E-state index is 6.54. The molecule has 0 aliphatic carbocycles. The molecule has 3 nitrogen and oxygen atoms in total. The second-order valence-electron chi connectivity index (χ2n) is 4.91. The van der Waals surface area contributed by atoms with Crippen LogP contribution in [0, 0.1) is 0 Å². The molecular weight excluding hydrogens is 224 g/mol. The van der Waals surface area contributed by atoms with Gasteiger partial charge in [0.1, 0.15) is 5.75 Å². The monoisotopic (exact) mass is 250 g/mol. The lowest BCUT2D eigenvalue weighted by atomic mass is 9.85. The summed E-state index contributed by atoms with van der Waals surface area (Å²) in [6, 6.07) is 8.34. The van der Waals surface area contributed by atoms with Crippen molar-refractivity contribution in [2.75, 3.05) is 20.2 Å². The summed E-state index contributed by atoms with van der Waals surface area (Å²) >= 11 is 0. The highest BCUT2D eigenvalue weighted by atomic mass is 16.5. The van der Waals surface area contributed by atoms with Crippen molar-refractivity contribution in [3.8, 4) is 5.75 Å². The summed E-state index contributed by atoms with van der Waals surface area (Å²) in [5.74, 6) is 0.866. The van der Waals surface area contributed by atoms with E-state index < -0.39 is 0 Å². The topological polar surface area (TPSA) is 38.5 Å². The van der Waals surface area contributed by atoms with Gasteiger partial charge in [-0.3, -0.25) is 4.90 Å². The first-order valence-corrected chi connectivity index (χ1v) is 6.64. The Labute approximate surface area is 111 Å². The zero-order valence-corrected chi connectivity index (χ0v) is 12.2. The van der Waals surface area contributed by atoms with Gasteiger partial charge in [0, 0.05) is 6.04 Å². The van der Waals surface area contributed by atoms with Crippen LogP contribution in [0.3, 0.4) is 0 Å². The van der Waals surface area contributed by atoms with Gasteiger partial charge in [-0.25, -0.2) is 0 Å². The second kappa shape index (κ2) is 6.21. The van der Waals surface area contributed by atoms with Gasteiger partial charge in [-0.15, -0.1) is 0 Å². The Bertz CT molecular complexity index is 355. The lowest BCUT2D eigenvalue weighted by Crippen LogP contribution is -2.52. The van der Waals surface area contributed by atoms with Crippen molar-refractivity contribution in [3.63, 3.8) is 0 Å². The van der Waals surface area contributed by atoms with Crippen molar-refractivity contribution in [2.24, 2.45) is 5.73 Å². The number of rotatable bonds is 6. The van der Waals surface area contributed by atoms with Crippen molar-refractivity contribution >= 4 is 0 Å². The first kappa shape index (κ1) is 15.0. The molecule has 0 fully saturated rings. The summed E-state index contributed by atoms with van der Waals surface area (Å²) in [7, 11) is 1.68. The standard InChI is InChI=1S/C15H26N2O/c1-6-17(7-2)12(3)15(4,16)13-8-10-14(18-5)11-9-13/h8-12H,6-7,16H2,1-5H3. The Kier molecular flexibility index (Phi) is 5.17. The summed E-state index contributed by atoms with van der Waals surface area (Å²) in [5.41, 5.74) is 7.32. The van der Waals surface area contributed by atoms with Gasteiger partial charge in [-0.05, 0) is 44.6 Å². The molecule has 2 unspecified atom stereocenters. The van der Waals surface area contributed by atoms with Gasteiger partial charge in [-0.2, -0.15) is 0 Å². The minimum absolute atomic E-state index is 0.292. The Balaban J connectivity index is 2.96. The second-order valence-corrected chi connectivity index (χ2v) is 4.91. The van der Waals surface area contributed by atoms with Crippen molar-refractivity contribution in [1.82, 2.24) is 4.90 Å². The molecule has 0 spiro atoms. The van der Waals surface area contributed by atoms with Crippen LogP contribution < -0.4 is 10.5 Å². The number of hydrogen-bond donors (Lipinski definition) is 1. The lowest BCUT2D eigenvalue weighted by Gasteiger charge is -2.39. The summed E-state index contributed by atoms with van der Waals surface area (Å²) in [6.07, 6.45) is 0. The van der Waals surface area contributed by atoms with Crippen LogP contribution in [0.25, 0.3) is 0 Å². The fourth-order valence-electron chi connectivity index (χ4n) is 2.34. The van der Waals surface area contributed by atoms with Gasteiger partial charge >= 0.3 is 0 Å². The van der Waals surface area contributed by atoms with Crippen LogP contribution in [-0.4, -0.2) is 31.1 Å². The number of nitrogens with zero attached hydrogens (tertiary/aromatic N) is 1. The Hall–Kier alpha value is -1.06. The Morgan fingerprint density at radius 1 is 1.22 bits per heavy atom. The molecule has 1 aromatic carbocycles. The molecule has 102 valence electrons. The van der Waals surface area contributed by atoms with Crippen molar-refractivity contribution in [2.45, 2.75) is 39.3 Å². The third-order valence-corrected chi connectivity index (χ3v) is 3.94. The molecule has 18 heavy (non-hydrogen) atoms. The predicted molar refractivity (Wildman–Crippen MR) is 76.9 cm³/mol. The SMILES string of the molecule is CCN(CC)C(C)C(C)(N)c1ccc(OC)cc1. The van der Waals surface area contributed by atoms with E-state index in [1.165, 1.54) is 0 Å². The first-order chi connectivity index (χ1) is 8.47. The van der Waals surface area contributed by atoms with Gasteiger partial charge in [-0.1, -0.05) is 26.0 Å². The highest BCUT2D eigenvalue weighted by Gasteiger charge is 2.31. The van der Waals surface area contributed by atoms with E-state index in [2.05, 4.69) is 44.7 Å². The van der Waals surface area contributed by atoms with Crippen LogP contribution in [0.5, 0.6) is 5.75 Å². The molecule has 1 aromatic rings. The fourth-order valence-corrected chi connectivity index (χ4v) is 2.34. The molecule has 2 N–H and O–H groups in total. The summed E-state index contributed by atoms with van der Waals surface area (Å²) in [4.78, 5) is 2.38. The maximum absolute atomic E-state index is 6.54. The number of likely N-dealkylation sites (N-methyl/N-ethyl adjacent to an activating group) is 1. The molecular formula is C15H26N2O. The van der Waals surface area contributed by atoms with Crippen LogP contribution >= 0.6 is 0 Å². The normalized spacial score (nSPS) is 16.4. The van der Waals surface area contributed by atoms with E-state index in [-0.39, 0.29) is 5.54 Å². The summed E-state index contributed by atoms with van der Waals surface area (Å²) in [6.45, 7) is 10.7. The van der Waals surface area contributed by atoms with Gasteiger partial charge in [0.2, 0.25) is 0 Å².